The highest BCUT2D eigenvalue weighted by Crippen LogP contribution is 2.18. The highest BCUT2D eigenvalue weighted by Gasteiger charge is 2.11. The van der Waals surface area contributed by atoms with Gasteiger partial charge in [-0.2, -0.15) is 0 Å². The van der Waals surface area contributed by atoms with Crippen LogP contribution in [0.15, 0.2) is 36.4 Å². The molecule has 2 aromatic rings. The number of carbonyl (C=O) groups is 2. The lowest BCUT2D eigenvalue weighted by molar-refractivity contribution is -0.116. The average Bonchev–Trinajstić information content (AvgIpc) is 2.55. The summed E-state index contributed by atoms with van der Waals surface area (Å²) in [6, 6.07) is 10.7. The summed E-state index contributed by atoms with van der Waals surface area (Å²) in [6.45, 7) is 5.81. The van der Waals surface area contributed by atoms with Gasteiger partial charge in [-0.1, -0.05) is 25.5 Å². The molecule has 0 aliphatic heterocycles. The number of benzene rings is 1. The van der Waals surface area contributed by atoms with Crippen molar-refractivity contribution in [3.05, 3.63) is 53.2 Å². The van der Waals surface area contributed by atoms with Crippen LogP contribution in [0.2, 0.25) is 0 Å². The zero-order chi connectivity index (χ0) is 17.5. The zero-order valence-electron chi connectivity index (χ0n) is 14.3. The summed E-state index contributed by atoms with van der Waals surface area (Å²) < 4.78 is 0. The van der Waals surface area contributed by atoms with E-state index in [2.05, 4.69) is 15.6 Å². The Hall–Kier alpha value is -2.69. The Morgan fingerprint density at radius 1 is 1.08 bits per heavy atom. The molecule has 1 aromatic carbocycles. The van der Waals surface area contributed by atoms with E-state index in [1.165, 1.54) is 0 Å². The van der Waals surface area contributed by atoms with Crippen molar-refractivity contribution < 1.29 is 9.59 Å². The van der Waals surface area contributed by atoms with Crippen LogP contribution in [0, 0.1) is 13.8 Å². The fourth-order valence-corrected chi connectivity index (χ4v) is 2.25. The van der Waals surface area contributed by atoms with E-state index in [4.69, 9.17) is 0 Å². The molecule has 5 nitrogen and oxygen atoms in total. The van der Waals surface area contributed by atoms with Crippen LogP contribution in [0.1, 0.15) is 47.8 Å². The monoisotopic (exact) mass is 325 g/mol. The normalized spacial score (nSPS) is 10.3. The first kappa shape index (κ1) is 17.7. The van der Waals surface area contributed by atoms with Gasteiger partial charge in [-0.25, -0.2) is 4.98 Å². The number of unbranched alkanes of at least 4 members (excludes halogenated alkanes) is 1. The summed E-state index contributed by atoms with van der Waals surface area (Å²) in [7, 11) is 0. The predicted octanol–water partition coefficient (Wildman–Crippen LogP) is 4.08. The first-order valence-corrected chi connectivity index (χ1v) is 8.15. The van der Waals surface area contributed by atoms with E-state index in [1.54, 1.807) is 18.2 Å². The Kier molecular flexibility index (Phi) is 6.07. The van der Waals surface area contributed by atoms with Gasteiger partial charge in [-0.3, -0.25) is 9.59 Å². The fraction of sp³-hybridized carbons (Fsp3) is 0.316. The number of carbonyl (C=O) groups excluding carboxylic acids is 2. The lowest BCUT2D eigenvalue weighted by Gasteiger charge is -2.11. The molecule has 2 rings (SSSR count). The molecule has 2 amide bonds. The number of pyridine rings is 1. The molecule has 0 aliphatic rings. The Bertz CT molecular complexity index is 741. The minimum atomic E-state index is -0.253. The van der Waals surface area contributed by atoms with Gasteiger partial charge in [0.25, 0.3) is 5.91 Å². The van der Waals surface area contributed by atoms with Crippen molar-refractivity contribution in [2.24, 2.45) is 0 Å². The molecule has 0 bridgehead atoms. The summed E-state index contributed by atoms with van der Waals surface area (Å²) in [6.07, 6.45) is 2.31. The second-order valence-corrected chi connectivity index (χ2v) is 5.80. The van der Waals surface area contributed by atoms with E-state index >= 15 is 0 Å². The van der Waals surface area contributed by atoms with E-state index in [9.17, 15) is 9.59 Å². The van der Waals surface area contributed by atoms with Crippen molar-refractivity contribution in [3.63, 3.8) is 0 Å². The van der Waals surface area contributed by atoms with Crippen molar-refractivity contribution >= 4 is 23.3 Å². The van der Waals surface area contributed by atoms with E-state index in [1.807, 2.05) is 39.0 Å². The number of aromatic nitrogens is 1. The van der Waals surface area contributed by atoms with Gasteiger partial charge in [-0.15, -0.1) is 0 Å². The van der Waals surface area contributed by atoms with Gasteiger partial charge in [0, 0.05) is 23.4 Å². The maximum absolute atomic E-state index is 12.4. The molecule has 0 radical (unpaired) electrons. The number of rotatable bonds is 6. The molecule has 0 saturated heterocycles. The highest BCUT2D eigenvalue weighted by atomic mass is 16.2. The third-order valence-corrected chi connectivity index (χ3v) is 3.66. The average molecular weight is 325 g/mol. The van der Waals surface area contributed by atoms with Crippen molar-refractivity contribution in [2.75, 3.05) is 10.6 Å². The molecule has 1 heterocycles. The molecular formula is C19H23N3O2. The lowest BCUT2D eigenvalue weighted by atomic mass is 10.1. The molecule has 0 fully saturated rings. The predicted molar refractivity (Wildman–Crippen MR) is 96.3 cm³/mol. The molecule has 0 atom stereocenters. The maximum atomic E-state index is 12.4. The third-order valence-electron chi connectivity index (χ3n) is 3.66. The van der Waals surface area contributed by atoms with Crippen LogP contribution in [0.4, 0.5) is 11.5 Å². The van der Waals surface area contributed by atoms with Crippen LogP contribution in [-0.4, -0.2) is 16.8 Å². The van der Waals surface area contributed by atoms with Crippen LogP contribution in [0.25, 0.3) is 0 Å². The first-order chi connectivity index (χ1) is 11.5. The molecule has 5 heteroatoms. The Labute approximate surface area is 142 Å². The van der Waals surface area contributed by atoms with Gasteiger partial charge < -0.3 is 10.6 Å². The van der Waals surface area contributed by atoms with E-state index in [-0.39, 0.29) is 11.8 Å². The smallest absolute Gasteiger partial charge is 0.256 e. The summed E-state index contributed by atoms with van der Waals surface area (Å²) in [5.74, 6) is 0.226. The van der Waals surface area contributed by atoms with Crippen molar-refractivity contribution in [2.45, 2.75) is 40.0 Å². The molecule has 0 saturated carbocycles. The van der Waals surface area contributed by atoms with Gasteiger partial charge in [-0.05, 0) is 50.1 Å². The molecule has 0 spiro atoms. The number of amides is 2. The number of anilines is 2. The summed E-state index contributed by atoms with van der Waals surface area (Å²) in [4.78, 5) is 28.6. The topological polar surface area (TPSA) is 71.1 Å². The minimum absolute atomic E-state index is 0.0298. The zero-order valence-corrected chi connectivity index (χ0v) is 14.3. The van der Waals surface area contributed by atoms with Crippen LogP contribution in [0.5, 0.6) is 0 Å². The first-order valence-electron chi connectivity index (χ1n) is 8.15. The number of nitrogens with zero attached hydrogens (tertiary/aromatic N) is 1. The molecule has 0 aliphatic carbocycles. The summed E-state index contributed by atoms with van der Waals surface area (Å²) >= 11 is 0. The molecule has 0 unspecified atom stereocenters. The van der Waals surface area contributed by atoms with E-state index < -0.39 is 0 Å². The van der Waals surface area contributed by atoms with Crippen LogP contribution in [0.3, 0.4) is 0 Å². The van der Waals surface area contributed by atoms with Crippen molar-refractivity contribution in [1.29, 1.82) is 0 Å². The second-order valence-electron chi connectivity index (χ2n) is 5.80. The minimum Gasteiger partial charge on any atom is -0.326 e. The molecular weight excluding hydrogens is 302 g/mol. The summed E-state index contributed by atoms with van der Waals surface area (Å²) in [5.41, 5.74) is 2.90. The largest absolute Gasteiger partial charge is 0.326 e. The standard InChI is InChI=1S/C19H23N3O2/c1-4-5-9-18(23)21-16-12-15(11-10-13(16)2)19(24)22-17-8-6-7-14(3)20-17/h6-8,10-12H,4-5,9H2,1-3H3,(H,21,23)(H,20,22,24). The van der Waals surface area contributed by atoms with Gasteiger partial charge in [0.2, 0.25) is 5.91 Å². The van der Waals surface area contributed by atoms with Gasteiger partial charge in [0.1, 0.15) is 5.82 Å². The van der Waals surface area contributed by atoms with Crippen LogP contribution < -0.4 is 10.6 Å². The quantitative estimate of drug-likeness (QED) is 0.840. The van der Waals surface area contributed by atoms with Crippen molar-refractivity contribution in [1.82, 2.24) is 4.98 Å². The molecule has 24 heavy (non-hydrogen) atoms. The van der Waals surface area contributed by atoms with Gasteiger partial charge >= 0.3 is 0 Å². The van der Waals surface area contributed by atoms with Crippen LogP contribution in [-0.2, 0) is 4.79 Å². The maximum Gasteiger partial charge on any atom is 0.256 e. The number of hydrogen-bond acceptors (Lipinski definition) is 3. The number of aryl methyl sites for hydroxylation is 2. The van der Waals surface area contributed by atoms with E-state index in [0.29, 0.717) is 23.5 Å². The lowest BCUT2D eigenvalue weighted by Crippen LogP contribution is -2.15. The second kappa shape index (κ2) is 8.24. The van der Waals surface area contributed by atoms with Crippen LogP contribution >= 0.6 is 0 Å². The third kappa shape index (κ3) is 4.91. The molecule has 2 N–H and O–H groups in total. The van der Waals surface area contributed by atoms with Gasteiger partial charge in [0.05, 0.1) is 0 Å². The van der Waals surface area contributed by atoms with Crippen molar-refractivity contribution in [3.8, 4) is 0 Å². The molecule has 1 aromatic heterocycles. The highest BCUT2D eigenvalue weighted by molar-refractivity contribution is 6.05. The summed E-state index contributed by atoms with van der Waals surface area (Å²) in [5, 5.41) is 5.65. The van der Waals surface area contributed by atoms with Gasteiger partial charge in [0.15, 0.2) is 0 Å². The molecule has 126 valence electrons. The SMILES string of the molecule is CCCCC(=O)Nc1cc(C(=O)Nc2cccc(C)n2)ccc1C. The Morgan fingerprint density at radius 2 is 1.88 bits per heavy atom. The van der Waals surface area contributed by atoms with E-state index in [0.717, 1.165) is 24.1 Å². The number of hydrogen-bond donors (Lipinski definition) is 2. The Balaban J connectivity index is 2.11. The number of nitrogens with one attached hydrogen (secondary N) is 2. The Morgan fingerprint density at radius 3 is 2.58 bits per heavy atom. The fourth-order valence-electron chi connectivity index (χ4n) is 2.25.